The number of allylic oxidation sites excluding steroid dienone is 25. The van der Waals surface area contributed by atoms with Gasteiger partial charge in [0, 0.05) is 6.42 Å². The lowest BCUT2D eigenvalue weighted by molar-refractivity contribution is -0.870. The summed E-state index contributed by atoms with van der Waals surface area (Å²) in [6, 6.07) is -0.884. The van der Waals surface area contributed by atoms with Crippen LogP contribution in [-0.2, 0) is 18.4 Å². The highest BCUT2D eigenvalue weighted by Crippen LogP contribution is 2.43. The summed E-state index contributed by atoms with van der Waals surface area (Å²) in [5.74, 6) is -0.211. The molecule has 0 radical (unpaired) electrons. The van der Waals surface area contributed by atoms with E-state index in [2.05, 4.69) is 165 Å². The largest absolute Gasteiger partial charge is 0.472 e. The summed E-state index contributed by atoms with van der Waals surface area (Å²) < 4.78 is 23.5. The van der Waals surface area contributed by atoms with Gasteiger partial charge in [0.05, 0.1) is 39.9 Å². The second-order valence-electron chi connectivity index (χ2n) is 18.8. The molecule has 400 valence electrons. The zero-order valence-corrected chi connectivity index (χ0v) is 46.3. The molecule has 3 unspecified atom stereocenters. The molecular formula is C62H102N2O6P+. The maximum atomic E-state index is 12.9. The predicted molar refractivity (Wildman–Crippen MR) is 308 cm³/mol. The van der Waals surface area contributed by atoms with E-state index in [9.17, 15) is 19.4 Å². The molecule has 0 saturated heterocycles. The number of nitrogens with one attached hydrogen (secondary N) is 1. The van der Waals surface area contributed by atoms with Crippen molar-refractivity contribution in [2.75, 3.05) is 40.9 Å². The number of hydrogen-bond donors (Lipinski definition) is 3. The monoisotopic (exact) mass is 1000 g/mol. The van der Waals surface area contributed by atoms with Crippen LogP contribution in [0, 0.1) is 0 Å². The van der Waals surface area contributed by atoms with E-state index < -0.39 is 20.0 Å². The Balaban J connectivity index is 4.12. The summed E-state index contributed by atoms with van der Waals surface area (Å²) in [6.07, 6.45) is 80.8. The highest BCUT2D eigenvalue weighted by atomic mass is 31.2. The minimum Gasteiger partial charge on any atom is -0.387 e. The van der Waals surface area contributed by atoms with Gasteiger partial charge in [-0.15, -0.1) is 0 Å². The number of phosphoric acid groups is 1. The maximum absolute atomic E-state index is 12.9. The van der Waals surface area contributed by atoms with E-state index >= 15 is 0 Å². The lowest BCUT2D eigenvalue weighted by Gasteiger charge is -2.25. The summed E-state index contributed by atoms with van der Waals surface area (Å²) in [5, 5.41) is 13.8. The SMILES string of the molecule is CC/C=C\C/C=C\C/C=C\C/C=C\C/C=C\C/C=C\C/C=C\C/C=C\C/C=C\C/C=C\CCCCCCCCCCC(=O)NC(COP(=O)(O)OCC[N+](C)(C)C)C(O)/C=C/CC/C=C/CC/C=C/CC. The fraction of sp³-hybridized carbons (Fsp3) is 0.565. The van der Waals surface area contributed by atoms with E-state index in [1.54, 1.807) is 6.08 Å². The summed E-state index contributed by atoms with van der Waals surface area (Å²) in [6.45, 7) is 4.50. The van der Waals surface area contributed by atoms with Gasteiger partial charge in [-0.1, -0.05) is 210 Å². The van der Waals surface area contributed by atoms with Crippen molar-refractivity contribution < 1.29 is 32.9 Å². The van der Waals surface area contributed by atoms with Gasteiger partial charge in [0.2, 0.25) is 5.91 Å². The van der Waals surface area contributed by atoms with E-state index in [0.29, 0.717) is 17.4 Å². The second kappa shape index (κ2) is 51.0. The predicted octanol–water partition coefficient (Wildman–Crippen LogP) is 16.7. The molecule has 0 aliphatic carbocycles. The first-order chi connectivity index (χ1) is 34.5. The quantitative estimate of drug-likeness (QED) is 0.0243. The van der Waals surface area contributed by atoms with Gasteiger partial charge in [0.15, 0.2) is 0 Å². The lowest BCUT2D eigenvalue weighted by atomic mass is 10.1. The van der Waals surface area contributed by atoms with Crippen LogP contribution in [-0.4, -0.2) is 73.4 Å². The van der Waals surface area contributed by atoms with Gasteiger partial charge in [-0.25, -0.2) is 4.57 Å². The van der Waals surface area contributed by atoms with Gasteiger partial charge in [-0.3, -0.25) is 13.8 Å². The van der Waals surface area contributed by atoms with Gasteiger partial charge in [0.1, 0.15) is 13.2 Å². The van der Waals surface area contributed by atoms with Crippen LogP contribution >= 0.6 is 7.82 Å². The molecule has 0 bridgehead atoms. The van der Waals surface area contributed by atoms with E-state index in [0.717, 1.165) is 128 Å². The van der Waals surface area contributed by atoms with Crippen molar-refractivity contribution in [2.24, 2.45) is 0 Å². The molecule has 0 aromatic rings. The number of nitrogens with zero attached hydrogens (tertiary/aromatic N) is 1. The first-order valence-corrected chi connectivity index (χ1v) is 28.9. The van der Waals surface area contributed by atoms with Gasteiger partial charge < -0.3 is 19.8 Å². The number of carbonyl (C=O) groups excluding carboxylic acids is 1. The number of aliphatic hydroxyl groups is 1. The molecule has 0 saturated carbocycles. The Morgan fingerprint density at radius 1 is 0.479 bits per heavy atom. The van der Waals surface area contributed by atoms with Crippen molar-refractivity contribution >= 4 is 13.7 Å². The zero-order chi connectivity index (χ0) is 52.0. The molecule has 8 nitrogen and oxygen atoms in total. The van der Waals surface area contributed by atoms with Crippen molar-refractivity contribution in [3.05, 3.63) is 158 Å². The van der Waals surface area contributed by atoms with E-state index in [1.165, 1.54) is 25.7 Å². The van der Waals surface area contributed by atoms with Crippen LogP contribution in [0.5, 0.6) is 0 Å². The van der Waals surface area contributed by atoms with Gasteiger partial charge in [-0.2, -0.15) is 0 Å². The molecule has 0 fully saturated rings. The number of rotatable bonds is 47. The summed E-state index contributed by atoms with van der Waals surface area (Å²) in [7, 11) is 1.51. The average Bonchev–Trinajstić information content (AvgIpc) is 3.33. The van der Waals surface area contributed by atoms with Crippen LogP contribution in [0.25, 0.3) is 0 Å². The summed E-state index contributed by atoms with van der Waals surface area (Å²) in [5.41, 5.74) is 0. The number of hydrogen-bond acceptors (Lipinski definition) is 5. The number of carbonyl (C=O) groups is 1. The molecule has 3 N–H and O–H groups in total. The molecule has 0 aliphatic rings. The molecule has 0 aromatic carbocycles. The van der Waals surface area contributed by atoms with Gasteiger partial charge in [-0.05, 0) is 116 Å². The molecule has 0 aliphatic heterocycles. The number of phosphoric ester groups is 1. The van der Waals surface area contributed by atoms with Gasteiger partial charge in [0.25, 0.3) is 0 Å². The zero-order valence-electron chi connectivity index (χ0n) is 45.4. The Hall–Kier alpha value is -3.88. The van der Waals surface area contributed by atoms with Crippen molar-refractivity contribution in [1.82, 2.24) is 5.32 Å². The highest BCUT2D eigenvalue weighted by molar-refractivity contribution is 7.47. The first kappa shape index (κ1) is 67.1. The third-order valence-corrected chi connectivity index (χ3v) is 12.0. The van der Waals surface area contributed by atoms with Crippen LogP contribution in [0.1, 0.15) is 174 Å². The smallest absolute Gasteiger partial charge is 0.387 e. The van der Waals surface area contributed by atoms with Gasteiger partial charge >= 0.3 is 7.82 Å². The molecule has 0 aromatic heterocycles. The topological polar surface area (TPSA) is 105 Å². The number of aliphatic hydroxyl groups excluding tert-OH is 1. The molecule has 0 rings (SSSR count). The minimum atomic E-state index is -4.36. The van der Waals surface area contributed by atoms with Crippen LogP contribution in [0.4, 0.5) is 0 Å². The van der Waals surface area contributed by atoms with Crippen molar-refractivity contribution in [3.8, 4) is 0 Å². The molecule has 9 heteroatoms. The average molecular weight is 1000 g/mol. The third kappa shape index (κ3) is 53.7. The first-order valence-electron chi connectivity index (χ1n) is 27.4. The standard InChI is InChI=1S/C62H101N2O6P/c1-6-8-10-12-14-16-18-19-20-21-22-23-24-25-26-27-28-29-30-31-32-33-34-35-36-37-38-39-40-41-42-43-44-45-46-48-50-52-54-56-62(66)63-60(59-70-71(67,68)69-58-57-64(3,4)5)61(65)55-53-51-49-47-17-15-13-11-9-7-2/h8-11,14,16-17,19-20,22-23,25-26,28-29,31-32,34-35,37-38,40-41,47,53,55,60-61,65H,6-7,12-13,15,18,21,24,27,30,33,36,39,42-46,48-52,54,56-59H2,1-5H3,(H-,63,66,67,68)/p+1/b10-8-,11-9+,16-14-,20-19-,23-22-,26-25-,29-28-,32-31-,35-34-,38-37-,41-40-,47-17+,55-53+. The minimum absolute atomic E-state index is 0.0430. The van der Waals surface area contributed by atoms with E-state index in [-0.39, 0.29) is 19.1 Å². The number of likely N-dealkylation sites (N-methyl/N-ethyl adjacent to an activating group) is 1. The van der Waals surface area contributed by atoms with E-state index in [1.807, 2.05) is 27.2 Å². The highest BCUT2D eigenvalue weighted by Gasteiger charge is 2.27. The van der Waals surface area contributed by atoms with Crippen molar-refractivity contribution in [1.29, 1.82) is 0 Å². The lowest BCUT2D eigenvalue weighted by Crippen LogP contribution is -2.45. The van der Waals surface area contributed by atoms with Crippen molar-refractivity contribution in [3.63, 3.8) is 0 Å². The Bertz CT molecular complexity index is 1700. The number of unbranched alkanes of at least 4 members (excludes halogenated alkanes) is 10. The fourth-order valence-corrected chi connectivity index (χ4v) is 7.49. The molecule has 1 amide bonds. The number of amides is 1. The molecule has 0 spiro atoms. The Morgan fingerprint density at radius 2 is 0.817 bits per heavy atom. The fourth-order valence-electron chi connectivity index (χ4n) is 6.75. The Kier molecular flexibility index (Phi) is 48.2. The second-order valence-corrected chi connectivity index (χ2v) is 20.3. The molecule has 0 heterocycles. The molecule has 3 atom stereocenters. The Labute approximate surface area is 435 Å². The Morgan fingerprint density at radius 3 is 1.24 bits per heavy atom. The molecular weight excluding hydrogens is 900 g/mol. The van der Waals surface area contributed by atoms with Crippen molar-refractivity contribution in [2.45, 2.75) is 187 Å². The van der Waals surface area contributed by atoms with E-state index in [4.69, 9.17) is 9.05 Å². The molecule has 71 heavy (non-hydrogen) atoms. The summed E-state index contributed by atoms with van der Waals surface area (Å²) >= 11 is 0. The van der Waals surface area contributed by atoms with Crippen LogP contribution in [0.3, 0.4) is 0 Å². The van der Waals surface area contributed by atoms with Crippen LogP contribution < -0.4 is 5.32 Å². The number of quaternary nitrogens is 1. The van der Waals surface area contributed by atoms with Crippen LogP contribution in [0.15, 0.2) is 158 Å². The normalized spacial score (nSPS) is 15.2. The summed E-state index contributed by atoms with van der Waals surface area (Å²) in [4.78, 5) is 23.1. The third-order valence-electron chi connectivity index (χ3n) is 11.0. The maximum Gasteiger partial charge on any atom is 0.472 e. The van der Waals surface area contributed by atoms with Crippen LogP contribution in [0.2, 0.25) is 0 Å².